The Balaban J connectivity index is 1.43. The highest BCUT2D eigenvalue weighted by Gasteiger charge is 2.44. The van der Waals surface area contributed by atoms with E-state index in [4.69, 9.17) is 9.47 Å². The zero-order chi connectivity index (χ0) is 23.8. The molecule has 0 atom stereocenters. The van der Waals surface area contributed by atoms with Crippen LogP contribution in [0.3, 0.4) is 0 Å². The first-order valence-electron chi connectivity index (χ1n) is 10.5. The number of benzene rings is 2. The first-order chi connectivity index (χ1) is 15.7. The van der Waals surface area contributed by atoms with Crippen LogP contribution in [0.5, 0.6) is 5.75 Å². The lowest BCUT2D eigenvalue weighted by molar-refractivity contribution is -0.121. The number of hydrogen-bond acceptors (Lipinski definition) is 6. The minimum absolute atomic E-state index is 0.0145. The van der Waals surface area contributed by atoms with Crippen LogP contribution in [0.2, 0.25) is 0 Å². The van der Waals surface area contributed by atoms with E-state index in [0.717, 1.165) is 0 Å². The van der Waals surface area contributed by atoms with Gasteiger partial charge < -0.3 is 14.4 Å². The quantitative estimate of drug-likeness (QED) is 0.350. The Hall–Kier alpha value is -3.78. The Morgan fingerprint density at radius 2 is 1.79 bits per heavy atom. The SMILES string of the molecule is C=CCN1C(=O)COc2ccc(C(=O)COCC(C)(C)N3C(=O)c4ccccc4C3=O)cc21. The number of amides is 3. The summed E-state index contributed by atoms with van der Waals surface area (Å²) >= 11 is 0. The highest BCUT2D eigenvalue weighted by molar-refractivity contribution is 6.21. The smallest absolute Gasteiger partial charge is 0.265 e. The van der Waals surface area contributed by atoms with E-state index >= 15 is 0 Å². The van der Waals surface area contributed by atoms with Gasteiger partial charge in [0.1, 0.15) is 12.4 Å². The Kier molecular flexibility index (Phi) is 5.86. The third kappa shape index (κ3) is 4.05. The maximum Gasteiger partial charge on any atom is 0.265 e. The lowest BCUT2D eigenvalue weighted by atomic mass is 10.0. The zero-order valence-corrected chi connectivity index (χ0v) is 18.5. The van der Waals surface area contributed by atoms with Gasteiger partial charge in [0.05, 0.1) is 29.0 Å². The average molecular weight is 448 g/mol. The highest BCUT2D eigenvalue weighted by atomic mass is 16.5. The molecule has 2 heterocycles. The van der Waals surface area contributed by atoms with Crippen LogP contribution in [0, 0.1) is 0 Å². The maximum atomic E-state index is 12.8. The Labute approximate surface area is 191 Å². The van der Waals surface area contributed by atoms with Gasteiger partial charge in [-0.05, 0) is 44.2 Å². The van der Waals surface area contributed by atoms with Gasteiger partial charge in [-0.25, -0.2) is 0 Å². The minimum atomic E-state index is -0.954. The van der Waals surface area contributed by atoms with Crippen molar-refractivity contribution in [2.75, 3.05) is 31.3 Å². The summed E-state index contributed by atoms with van der Waals surface area (Å²) in [6.07, 6.45) is 1.60. The zero-order valence-electron chi connectivity index (χ0n) is 18.5. The first-order valence-corrected chi connectivity index (χ1v) is 10.5. The second kappa shape index (κ2) is 8.63. The predicted molar refractivity (Wildman–Crippen MR) is 121 cm³/mol. The molecule has 8 heteroatoms. The van der Waals surface area contributed by atoms with E-state index in [-0.39, 0.29) is 43.3 Å². The molecule has 8 nitrogen and oxygen atoms in total. The van der Waals surface area contributed by atoms with Crippen molar-refractivity contribution in [3.05, 3.63) is 71.8 Å². The summed E-state index contributed by atoms with van der Waals surface area (Å²) in [5.41, 5.74) is 0.635. The molecular formula is C25H24N2O6. The molecule has 0 N–H and O–H groups in total. The van der Waals surface area contributed by atoms with Crippen molar-refractivity contribution >= 4 is 29.2 Å². The number of carbonyl (C=O) groups excluding carboxylic acids is 4. The summed E-state index contributed by atoms with van der Waals surface area (Å²) in [6, 6.07) is 11.5. The lowest BCUT2D eigenvalue weighted by Gasteiger charge is -2.33. The number of rotatable bonds is 8. The molecule has 0 aromatic heterocycles. The molecule has 0 spiro atoms. The molecule has 170 valence electrons. The summed E-state index contributed by atoms with van der Waals surface area (Å²) in [5, 5.41) is 0. The van der Waals surface area contributed by atoms with Gasteiger partial charge in [0.2, 0.25) is 0 Å². The highest BCUT2D eigenvalue weighted by Crippen LogP contribution is 2.33. The van der Waals surface area contributed by atoms with Crippen LogP contribution in [0.15, 0.2) is 55.1 Å². The fourth-order valence-electron chi connectivity index (χ4n) is 3.99. The summed E-state index contributed by atoms with van der Waals surface area (Å²) in [6.45, 7) is 7.07. The number of hydrogen-bond donors (Lipinski definition) is 0. The van der Waals surface area contributed by atoms with Crippen LogP contribution < -0.4 is 9.64 Å². The van der Waals surface area contributed by atoms with Gasteiger partial charge in [0.25, 0.3) is 17.7 Å². The van der Waals surface area contributed by atoms with E-state index in [2.05, 4.69) is 6.58 Å². The number of ether oxygens (including phenoxy) is 2. The van der Waals surface area contributed by atoms with Crippen LogP contribution >= 0.6 is 0 Å². The summed E-state index contributed by atoms with van der Waals surface area (Å²) in [5.74, 6) is -0.756. The first kappa shape index (κ1) is 22.4. The standard InChI is InChI=1S/C25H24N2O6/c1-4-11-26-19-12-16(9-10-21(19)33-14-22(26)29)20(28)13-32-15-25(2,3)27-23(30)17-7-5-6-8-18(17)24(27)31/h4-10,12H,1,11,13-15H2,2-3H3. The second-order valence-corrected chi connectivity index (χ2v) is 8.48. The molecule has 4 rings (SSSR count). The van der Waals surface area contributed by atoms with E-state index in [1.165, 1.54) is 9.80 Å². The van der Waals surface area contributed by atoms with Gasteiger partial charge in [-0.2, -0.15) is 0 Å². The van der Waals surface area contributed by atoms with Crippen molar-refractivity contribution in [2.45, 2.75) is 19.4 Å². The van der Waals surface area contributed by atoms with Crippen molar-refractivity contribution in [3.63, 3.8) is 0 Å². The molecule has 0 unspecified atom stereocenters. The summed E-state index contributed by atoms with van der Waals surface area (Å²) in [7, 11) is 0. The third-order valence-electron chi connectivity index (χ3n) is 5.62. The molecular weight excluding hydrogens is 424 g/mol. The average Bonchev–Trinajstić information content (AvgIpc) is 3.06. The summed E-state index contributed by atoms with van der Waals surface area (Å²) < 4.78 is 11.1. The number of anilines is 1. The van der Waals surface area contributed by atoms with Crippen LogP contribution in [0.25, 0.3) is 0 Å². The second-order valence-electron chi connectivity index (χ2n) is 8.48. The molecule has 0 saturated heterocycles. The van der Waals surface area contributed by atoms with E-state index in [1.807, 2.05) is 0 Å². The van der Waals surface area contributed by atoms with Crippen molar-refractivity contribution < 1.29 is 28.7 Å². The lowest BCUT2D eigenvalue weighted by Crippen LogP contribution is -2.50. The van der Waals surface area contributed by atoms with Gasteiger partial charge in [0.15, 0.2) is 12.4 Å². The molecule has 0 saturated carbocycles. The molecule has 0 radical (unpaired) electrons. The Morgan fingerprint density at radius 3 is 2.42 bits per heavy atom. The van der Waals surface area contributed by atoms with Crippen LogP contribution in [-0.4, -0.2) is 60.3 Å². The van der Waals surface area contributed by atoms with Gasteiger partial charge in [0, 0.05) is 12.1 Å². The van der Waals surface area contributed by atoms with Crippen molar-refractivity contribution in [1.82, 2.24) is 4.90 Å². The molecule has 3 amide bonds. The number of ketones is 1. The fraction of sp³-hybridized carbons (Fsp3) is 0.280. The minimum Gasteiger partial charge on any atom is -0.482 e. The van der Waals surface area contributed by atoms with E-state index in [0.29, 0.717) is 34.7 Å². The topological polar surface area (TPSA) is 93.2 Å². The van der Waals surface area contributed by atoms with Gasteiger partial charge >= 0.3 is 0 Å². The normalized spacial score (nSPS) is 15.3. The van der Waals surface area contributed by atoms with Gasteiger partial charge in [-0.1, -0.05) is 18.2 Å². The number of fused-ring (bicyclic) bond motifs is 2. The Morgan fingerprint density at radius 1 is 1.12 bits per heavy atom. The molecule has 2 aliphatic rings. The molecule has 0 fully saturated rings. The molecule has 0 aliphatic carbocycles. The largest absolute Gasteiger partial charge is 0.482 e. The van der Waals surface area contributed by atoms with E-state index in [1.54, 1.807) is 62.4 Å². The number of imide groups is 1. The van der Waals surface area contributed by atoms with Crippen LogP contribution in [0.1, 0.15) is 44.9 Å². The summed E-state index contributed by atoms with van der Waals surface area (Å²) in [4.78, 5) is 53.1. The van der Waals surface area contributed by atoms with Crippen molar-refractivity contribution in [2.24, 2.45) is 0 Å². The third-order valence-corrected chi connectivity index (χ3v) is 5.62. The predicted octanol–water partition coefficient (Wildman–Crippen LogP) is 2.87. The van der Waals surface area contributed by atoms with Crippen molar-refractivity contribution in [3.8, 4) is 5.75 Å². The van der Waals surface area contributed by atoms with E-state index in [9.17, 15) is 19.2 Å². The molecule has 2 aromatic rings. The fourth-order valence-corrected chi connectivity index (χ4v) is 3.99. The van der Waals surface area contributed by atoms with Crippen LogP contribution in [0.4, 0.5) is 5.69 Å². The molecule has 2 aliphatic heterocycles. The number of carbonyl (C=O) groups is 4. The monoisotopic (exact) mass is 448 g/mol. The molecule has 0 bridgehead atoms. The van der Waals surface area contributed by atoms with Crippen molar-refractivity contribution in [1.29, 1.82) is 0 Å². The maximum absolute atomic E-state index is 12.8. The number of nitrogens with zero attached hydrogens (tertiary/aromatic N) is 2. The Bertz CT molecular complexity index is 1130. The molecule has 2 aromatic carbocycles. The van der Waals surface area contributed by atoms with Gasteiger partial charge in [-0.3, -0.25) is 24.1 Å². The van der Waals surface area contributed by atoms with Gasteiger partial charge in [-0.15, -0.1) is 6.58 Å². The van der Waals surface area contributed by atoms with Crippen LogP contribution in [-0.2, 0) is 9.53 Å². The molecule has 33 heavy (non-hydrogen) atoms. The number of Topliss-reactive ketones (excluding diaryl/α,β-unsaturated/α-hetero) is 1. The van der Waals surface area contributed by atoms with E-state index < -0.39 is 5.54 Å².